The molecule has 2 rings (SSSR count). The lowest BCUT2D eigenvalue weighted by Crippen LogP contribution is -2.20. The third kappa shape index (κ3) is 2.10. The van der Waals surface area contributed by atoms with Crippen LogP contribution in [0.25, 0.3) is 0 Å². The molecule has 0 radical (unpaired) electrons. The van der Waals surface area contributed by atoms with Gasteiger partial charge in [-0.3, -0.25) is 4.79 Å². The van der Waals surface area contributed by atoms with Crippen molar-refractivity contribution in [3.05, 3.63) is 47.3 Å². The summed E-state index contributed by atoms with van der Waals surface area (Å²) in [6.07, 6.45) is 3.56. The Morgan fingerprint density at radius 3 is 2.47 bits per heavy atom. The first-order chi connectivity index (χ1) is 8.00. The molecule has 0 spiro atoms. The Hall–Kier alpha value is -1.62. The van der Waals surface area contributed by atoms with Crippen molar-refractivity contribution in [2.24, 2.45) is 11.7 Å². The summed E-state index contributed by atoms with van der Waals surface area (Å²) in [4.78, 5) is 11.8. The van der Waals surface area contributed by atoms with Gasteiger partial charge in [0.15, 0.2) is 23.2 Å². The Bertz CT molecular complexity index is 499. The number of halogens is 3. The lowest BCUT2D eigenvalue weighted by atomic mass is 9.96. The van der Waals surface area contributed by atoms with Gasteiger partial charge in [0.2, 0.25) is 0 Å². The van der Waals surface area contributed by atoms with Crippen LogP contribution in [0.4, 0.5) is 13.2 Å². The summed E-state index contributed by atoms with van der Waals surface area (Å²) >= 11 is 0. The van der Waals surface area contributed by atoms with E-state index in [0.29, 0.717) is 6.42 Å². The van der Waals surface area contributed by atoms with Gasteiger partial charge in [-0.25, -0.2) is 13.2 Å². The highest BCUT2D eigenvalue weighted by Gasteiger charge is 2.27. The van der Waals surface area contributed by atoms with Gasteiger partial charge in [-0.2, -0.15) is 0 Å². The zero-order valence-electron chi connectivity index (χ0n) is 8.79. The maximum absolute atomic E-state index is 13.4. The number of hydrogen-bond donors (Lipinski definition) is 1. The van der Waals surface area contributed by atoms with Gasteiger partial charge in [0.1, 0.15) is 0 Å². The number of allylic oxidation sites excluding steroid dienone is 1. The third-order valence-corrected chi connectivity index (χ3v) is 2.75. The summed E-state index contributed by atoms with van der Waals surface area (Å²) in [5.74, 6) is -5.52. The molecule has 0 saturated carbocycles. The summed E-state index contributed by atoms with van der Waals surface area (Å²) in [7, 11) is 0. The van der Waals surface area contributed by atoms with E-state index < -0.39 is 34.7 Å². The molecule has 1 aromatic carbocycles. The Labute approximate surface area is 95.9 Å². The van der Waals surface area contributed by atoms with Crippen molar-refractivity contribution >= 4 is 5.78 Å². The minimum absolute atomic E-state index is 0.252. The fourth-order valence-corrected chi connectivity index (χ4v) is 1.84. The molecule has 1 aromatic rings. The first-order valence-corrected chi connectivity index (χ1v) is 5.12. The monoisotopic (exact) mass is 241 g/mol. The fourth-order valence-electron chi connectivity index (χ4n) is 1.84. The molecule has 0 aliphatic heterocycles. The predicted molar refractivity (Wildman–Crippen MR) is 55.9 cm³/mol. The van der Waals surface area contributed by atoms with E-state index in [1.807, 2.05) is 0 Å². The fraction of sp³-hybridized carbons (Fsp3) is 0.250. The van der Waals surface area contributed by atoms with Gasteiger partial charge in [0.25, 0.3) is 0 Å². The number of ketones is 1. The topological polar surface area (TPSA) is 43.1 Å². The molecule has 0 aromatic heterocycles. The first kappa shape index (κ1) is 11.9. The molecule has 0 fully saturated rings. The minimum atomic E-state index is -1.62. The van der Waals surface area contributed by atoms with Crippen molar-refractivity contribution in [2.45, 2.75) is 12.5 Å². The van der Waals surface area contributed by atoms with E-state index in [-0.39, 0.29) is 6.04 Å². The van der Waals surface area contributed by atoms with E-state index in [2.05, 4.69) is 0 Å². The van der Waals surface area contributed by atoms with Crippen molar-refractivity contribution in [1.29, 1.82) is 0 Å². The SMILES string of the molecule is NC1C=CC(C(=O)c2ccc(F)c(F)c2F)C1. The highest BCUT2D eigenvalue weighted by atomic mass is 19.2. The molecule has 0 bridgehead atoms. The summed E-state index contributed by atoms with van der Waals surface area (Å²) in [6.45, 7) is 0. The molecular formula is C12H10F3NO. The lowest BCUT2D eigenvalue weighted by Gasteiger charge is -2.09. The van der Waals surface area contributed by atoms with E-state index in [4.69, 9.17) is 5.73 Å². The molecule has 0 heterocycles. The normalized spacial score (nSPS) is 23.1. The molecule has 1 aliphatic carbocycles. The van der Waals surface area contributed by atoms with E-state index in [1.165, 1.54) is 0 Å². The van der Waals surface area contributed by atoms with Crippen LogP contribution in [0.3, 0.4) is 0 Å². The zero-order valence-corrected chi connectivity index (χ0v) is 8.79. The van der Waals surface area contributed by atoms with E-state index in [0.717, 1.165) is 12.1 Å². The second-order valence-corrected chi connectivity index (χ2v) is 3.98. The molecule has 90 valence electrons. The molecule has 0 amide bonds. The molecular weight excluding hydrogens is 231 g/mol. The standard InChI is InChI=1S/C12H10F3NO/c13-9-4-3-8(10(14)11(9)15)12(17)6-1-2-7(16)5-6/h1-4,6-7H,5,16H2. The Morgan fingerprint density at radius 2 is 1.88 bits per heavy atom. The number of Topliss-reactive ketones (excluding diaryl/α,β-unsaturated/α-hetero) is 1. The van der Waals surface area contributed by atoms with Crippen molar-refractivity contribution < 1.29 is 18.0 Å². The minimum Gasteiger partial charge on any atom is -0.324 e. The van der Waals surface area contributed by atoms with Crippen molar-refractivity contribution in [3.8, 4) is 0 Å². The van der Waals surface area contributed by atoms with Crippen LogP contribution in [0, 0.1) is 23.4 Å². The predicted octanol–water partition coefficient (Wildman–Crippen LogP) is 2.19. The van der Waals surface area contributed by atoms with Crippen molar-refractivity contribution in [3.63, 3.8) is 0 Å². The highest BCUT2D eigenvalue weighted by Crippen LogP contribution is 2.24. The van der Waals surface area contributed by atoms with Crippen LogP contribution >= 0.6 is 0 Å². The average molecular weight is 241 g/mol. The first-order valence-electron chi connectivity index (χ1n) is 5.12. The van der Waals surface area contributed by atoms with E-state index in [1.54, 1.807) is 12.2 Å². The molecule has 2 atom stereocenters. The Kier molecular flexibility index (Phi) is 3.02. The average Bonchev–Trinajstić information content (AvgIpc) is 2.72. The van der Waals surface area contributed by atoms with Crippen LogP contribution in [-0.4, -0.2) is 11.8 Å². The number of carbonyl (C=O) groups excluding carboxylic acids is 1. The molecule has 2 unspecified atom stereocenters. The van der Waals surface area contributed by atoms with Gasteiger partial charge < -0.3 is 5.73 Å². The van der Waals surface area contributed by atoms with Gasteiger partial charge in [0.05, 0.1) is 5.56 Å². The van der Waals surface area contributed by atoms with Gasteiger partial charge in [0, 0.05) is 12.0 Å². The Morgan fingerprint density at radius 1 is 1.18 bits per heavy atom. The third-order valence-electron chi connectivity index (χ3n) is 2.75. The molecule has 17 heavy (non-hydrogen) atoms. The van der Waals surface area contributed by atoms with Crippen molar-refractivity contribution in [1.82, 2.24) is 0 Å². The van der Waals surface area contributed by atoms with Crippen LogP contribution < -0.4 is 5.73 Å². The van der Waals surface area contributed by atoms with Crippen LogP contribution in [0.1, 0.15) is 16.8 Å². The molecule has 5 heteroatoms. The van der Waals surface area contributed by atoms with Crippen molar-refractivity contribution in [2.75, 3.05) is 0 Å². The van der Waals surface area contributed by atoms with E-state index in [9.17, 15) is 18.0 Å². The van der Waals surface area contributed by atoms with Gasteiger partial charge in [-0.1, -0.05) is 12.2 Å². The second kappa shape index (κ2) is 4.33. The largest absolute Gasteiger partial charge is 0.324 e. The van der Waals surface area contributed by atoms with E-state index >= 15 is 0 Å². The summed E-state index contributed by atoms with van der Waals surface area (Å²) < 4.78 is 39.0. The number of hydrogen-bond acceptors (Lipinski definition) is 2. The molecule has 2 N–H and O–H groups in total. The highest BCUT2D eigenvalue weighted by molar-refractivity contribution is 5.99. The summed E-state index contributed by atoms with van der Waals surface area (Å²) in [5.41, 5.74) is 5.13. The molecule has 0 saturated heterocycles. The summed E-state index contributed by atoms with van der Waals surface area (Å²) in [5, 5.41) is 0. The number of carbonyl (C=O) groups is 1. The maximum atomic E-state index is 13.4. The van der Waals surface area contributed by atoms with Crippen LogP contribution in [0.5, 0.6) is 0 Å². The van der Waals surface area contributed by atoms with Crippen LogP contribution in [-0.2, 0) is 0 Å². The quantitative estimate of drug-likeness (QED) is 0.490. The summed E-state index contributed by atoms with van der Waals surface area (Å²) in [6, 6.07) is 1.44. The molecule has 2 nitrogen and oxygen atoms in total. The smallest absolute Gasteiger partial charge is 0.195 e. The zero-order chi connectivity index (χ0) is 12.6. The van der Waals surface area contributed by atoms with Gasteiger partial charge >= 0.3 is 0 Å². The number of benzene rings is 1. The molecule has 1 aliphatic rings. The number of nitrogens with two attached hydrogens (primary N) is 1. The van der Waals surface area contributed by atoms with Crippen LogP contribution in [0.2, 0.25) is 0 Å². The Balaban J connectivity index is 2.32. The number of rotatable bonds is 2. The van der Waals surface area contributed by atoms with Gasteiger partial charge in [-0.15, -0.1) is 0 Å². The van der Waals surface area contributed by atoms with Gasteiger partial charge in [-0.05, 0) is 18.6 Å². The van der Waals surface area contributed by atoms with Crippen LogP contribution in [0.15, 0.2) is 24.3 Å². The second-order valence-electron chi connectivity index (χ2n) is 3.98. The maximum Gasteiger partial charge on any atom is 0.195 e. The lowest BCUT2D eigenvalue weighted by molar-refractivity contribution is 0.0937.